The molecule has 1 atom stereocenters. The third kappa shape index (κ3) is 5.03. The van der Waals surface area contributed by atoms with Crippen LogP contribution in [0, 0.1) is 26.7 Å². The van der Waals surface area contributed by atoms with Gasteiger partial charge in [0.2, 0.25) is 0 Å². The summed E-state index contributed by atoms with van der Waals surface area (Å²) in [6, 6.07) is 4.14. The van der Waals surface area contributed by atoms with Crippen LogP contribution in [-0.4, -0.2) is 78.8 Å². The summed E-state index contributed by atoms with van der Waals surface area (Å²) in [5.74, 6) is 2.69. The van der Waals surface area contributed by atoms with Crippen LogP contribution in [0.2, 0.25) is 0 Å². The third-order valence-electron chi connectivity index (χ3n) is 7.51. The fraction of sp³-hybridized carbons (Fsp3) is 0.481. The molecule has 4 aromatic heterocycles. The number of hydrogen-bond donors (Lipinski definition) is 0. The summed E-state index contributed by atoms with van der Waals surface area (Å²) < 4.78 is 7.30. The van der Waals surface area contributed by atoms with E-state index in [1.54, 1.807) is 0 Å². The zero-order valence-electron chi connectivity index (χ0n) is 21.8. The molecule has 2 aliphatic heterocycles. The van der Waals surface area contributed by atoms with Crippen LogP contribution in [0.15, 0.2) is 30.7 Å². The Morgan fingerprint density at radius 1 is 0.946 bits per heavy atom. The van der Waals surface area contributed by atoms with Crippen molar-refractivity contribution in [2.45, 2.75) is 40.2 Å². The largest absolute Gasteiger partial charge is 0.379 e. The molecule has 0 amide bonds. The van der Waals surface area contributed by atoms with Crippen LogP contribution in [0.5, 0.6) is 0 Å². The summed E-state index contributed by atoms with van der Waals surface area (Å²) in [5, 5.41) is 4.52. The van der Waals surface area contributed by atoms with Gasteiger partial charge in [-0.15, -0.1) is 0 Å². The van der Waals surface area contributed by atoms with Crippen molar-refractivity contribution in [1.82, 2.24) is 39.4 Å². The molecule has 0 bridgehead atoms. The van der Waals surface area contributed by atoms with Gasteiger partial charge >= 0.3 is 0 Å². The molecule has 0 saturated carbocycles. The number of ether oxygens (including phenoxy) is 1. The molecule has 0 aromatic carbocycles. The number of pyridine rings is 1. The number of nitrogens with zero attached hydrogens (tertiary/aromatic N) is 9. The maximum atomic E-state index is 5.43. The number of aryl methyl sites for hydroxylation is 3. The second-order valence-electron chi connectivity index (χ2n) is 10.1. The minimum absolute atomic E-state index is 0.546. The molecule has 37 heavy (non-hydrogen) atoms. The molecule has 192 valence electrons. The lowest BCUT2D eigenvalue weighted by Gasteiger charge is -2.26. The van der Waals surface area contributed by atoms with Gasteiger partial charge in [0.25, 0.3) is 5.78 Å². The second-order valence-corrected chi connectivity index (χ2v) is 10.1. The molecule has 0 radical (unpaired) electrons. The minimum atomic E-state index is 0.546. The van der Waals surface area contributed by atoms with Gasteiger partial charge in [-0.3, -0.25) is 9.88 Å². The van der Waals surface area contributed by atoms with Gasteiger partial charge in [-0.25, -0.2) is 19.5 Å². The molecule has 2 aliphatic rings. The Morgan fingerprint density at radius 3 is 2.51 bits per heavy atom. The van der Waals surface area contributed by atoms with E-state index in [0.29, 0.717) is 17.5 Å². The van der Waals surface area contributed by atoms with Crippen LogP contribution in [-0.2, 0) is 17.7 Å². The third-order valence-corrected chi connectivity index (χ3v) is 7.51. The van der Waals surface area contributed by atoms with E-state index in [9.17, 15) is 0 Å². The molecule has 0 aliphatic carbocycles. The maximum Gasteiger partial charge on any atom is 0.252 e. The molecule has 0 spiro atoms. The van der Waals surface area contributed by atoms with E-state index in [1.165, 1.54) is 5.56 Å². The molecule has 10 nitrogen and oxygen atoms in total. The molecular formula is C27H33N9O. The van der Waals surface area contributed by atoms with Crippen molar-refractivity contribution in [3.8, 4) is 11.4 Å². The van der Waals surface area contributed by atoms with Crippen molar-refractivity contribution in [2.75, 3.05) is 44.3 Å². The molecule has 6 heterocycles. The fourth-order valence-corrected chi connectivity index (χ4v) is 5.40. The Balaban J connectivity index is 1.09. The van der Waals surface area contributed by atoms with Crippen molar-refractivity contribution in [1.29, 1.82) is 0 Å². The van der Waals surface area contributed by atoms with Gasteiger partial charge in [0, 0.05) is 55.9 Å². The van der Waals surface area contributed by atoms with Gasteiger partial charge < -0.3 is 9.64 Å². The van der Waals surface area contributed by atoms with E-state index < -0.39 is 0 Å². The summed E-state index contributed by atoms with van der Waals surface area (Å²) in [6.07, 6.45) is 7.87. The van der Waals surface area contributed by atoms with Crippen molar-refractivity contribution in [3.05, 3.63) is 59.2 Å². The second kappa shape index (κ2) is 10.1. The molecule has 6 rings (SSSR count). The van der Waals surface area contributed by atoms with Crippen LogP contribution >= 0.6 is 0 Å². The highest BCUT2D eigenvalue weighted by Gasteiger charge is 2.26. The van der Waals surface area contributed by atoms with E-state index in [0.717, 1.165) is 92.9 Å². The lowest BCUT2D eigenvalue weighted by molar-refractivity contribution is 0.0336. The predicted octanol–water partition coefficient (Wildman–Crippen LogP) is 2.80. The average Bonchev–Trinajstić information content (AvgIpc) is 3.54. The number of morpholine rings is 1. The topological polar surface area (TPSA) is 97.5 Å². The Kier molecular flexibility index (Phi) is 6.52. The summed E-state index contributed by atoms with van der Waals surface area (Å²) in [4.78, 5) is 27.8. The van der Waals surface area contributed by atoms with Crippen LogP contribution in [0.1, 0.15) is 34.9 Å². The molecule has 2 saturated heterocycles. The molecule has 0 N–H and O–H groups in total. The smallest absolute Gasteiger partial charge is 0.252 e. The van der Waals surface area contributed by atoms with Gasteiger partial charge in [-0.1, -0.05) is 0 Å². The summed E-state index contributed by atoms with van der Waals surface area (Å²) in [5.41, 5.74) is 6.53. The Labute approximate surface area is 216 Å². The number of aromatic nitrogens is 7. The average molecular weight is 500 g/mol. The first-order valence-electron chi connectivity index (χ1n) is 13.1. The predicted molar refractivity (Wildman–Crippen MR) is 140 cm³/mol. The maximum absolute atomic E-state index is 5.43. The molecule has 1 unspecified atom stereocenters. The van der Waals surface area contributed by atoms with E-state index in [4.69, 9.17) is 9.72 Å². The number of rotatable bonds is 6. The van der Waals surface area contributed by atoms with Crippen molar-refractivity contribution >= 4 is 11.5 Å². The highest BCUT2D eigenvalue weighted by molar-refractivity contribution is 5.55. The van der Waals surface area contributed by atoms with Crippen LogP contribution in [0.3, 0.4) is 0 Å². The van der Waals surface area contributed by atoms with Crippen LogP contribution < -0.4 is 4.90 Å². The lowest BCUT2D eigenvalue weighted by Crippen LogP contribution is -2.35. The monoisotopic (exact) mass is 499 g/mol. The van der Waals surface area contributed by atoms with Gasteiger partial charge in [0.05, 0.1) is 37.0 Å². The number of hydrogen-bond acceptors (Lipinski definition) is 9. The first-order valence-corrected chi connectivity index (χ1v) is 13.1. The fourth-order valence-electron chi connectivity index (χ4n) is 5.40. The Morgan fingerprint density at radius 2 is 1.76 bits per heavy atom. The van der Waals surface area contributed by atoms with Crippen LogP contribution in [0.25, 0.3) is 17.2 Å². The van der Waals surface area contributed by atoms with E-state index in [2.05, 4.69) is 60.8 Å². The first-order chi connectivity index (χ1) is 18.0. The summed E-state index contributed by atoms with van der Waals surface area (Å²) >= 11 is 0. The van der Waals surface area contributed by atoms with Gasteiger partial charge in [0.15, 0.2) is 5.82 Å². The normalized spacial score (nSPS) is 18.7. The van der Waals surface area contributed by atoms with E-state index in [-0.39, 0.29) is 0 Å². The highest BCUT2D eigenvalue weighted by atomic mass is 16.5. The SMILES string of the molecule is Cc1nc2nc(C)c(CC3CCN(c4cnc(-c5ccc(CN6CCOCC6)nc5)nc4)C3)c(C)n2n1. The van der Waals surface area contributed by atoms with Gasteiger partial charge in [-0.2, -0.15) is 10.1 Å². The standard InChI is InChI=1S/C27H33N9O/c1-18-25(19(2)36-27(31-18)32-20(3)33-36)12-21-6-7-35(16-21)24-14-29-26(30-15-24)22-4-5-23(28-13-22)17-34-8-10-37-11-9-34/h4-5,13-15,21H,6-12,16-17H2,1-3H3. The Bertz CT molecular complexity index is 1380. The minimum Gasteiger partial charge on any atom is -0.379 e. The van der Waals surface area contributed by atoms with Crippen molar-refractivity contribution in [3.63, 3.8) is 0 Å². The quantitative estimate of drug-likeness (QED) is 0.397. The van der Waals surface area contributed by atoms with E-state index >= 15 is 0 Å². The first kappa shape index (κ1) is 23.9. The molecule has 2 fully saturated rings. The zero-order chi connectivity index (χ0) is 25.4. The van der Waals surface area contributed by atoms with Crippen LogP contribution in [0.4, 0.5) is 5.69 Å². The number of anilines is 1. The zero-order valence-corrected chi connectivity index (χ0v) is 21.8. The Hall–Kier alpha value is -3.50. The summed E-state index contributed by atoms with van der Waals surface area (Å²) in [6.45, 7) is 12.4. The van der Waals surface area contributed by atoms with Crippen molar-refractivity contribution < 1.29 is 4.74 Å². The molecule has 4 aromatic rings. The highest BCUT2D eigenvalue weighted by Crippen LogP contribution is 2.28. The summed E-state index contributed by atoms with van der Waals surface area (Å²) in [7, 11) is 0. The van der Waals surface area contributed by atoms with Gasteiger partial charge in [0.1, 0.15) is 5.82 Å². The lowest BCUT2D eigenvalue weighted by atomic mass is 9.96. The van der Waals surface area contributed by atoms with Gasteiger partial charge in [-0.05, 0) is 57.2 Å². The number of fused-ring (bicyclic) bond motifs is 1. The van der Waals surface area contributed by atoms with E-state index in [1.807, 2.05) is 30.0 Å². The molecule has 10 heteroatoms. The van der Waals surface area contributed by atoms with Crippen molar-refractivity contribution in [2.24, 2.45) is 5.92 Å². The molecular weight excluding hydrogens is 466 g/mol.